The van der Waals surface area contributed by atoms with E-state index in [0.29, 0.717) is 10.2 Å². The van der Waals surface area contributed by atoms with Gasteiger partial charge in [-0.15, -0.1) is 0 Å². The van der Waals surface area contributed by atoms with E-state index in [9.17, 15) is 4.39 Å². The summed E-state index contributed by atoms with van der Waals surface area (Å²) in [6.45, 7) is 0. The fourth-order valence-corrected chi connectivity index (χ4v) is 1.62. The molecule has 0 aliphatic carbocycles. The molecule has 5 nitrogen and oxygen atoms in total. The molecule has 0 aliphatic heterocycles. The van der Waals surface area contributed by atoms with Crippen molar-refractivity contribution in [2.45, 2.75) is 0 Å². The minimum Gasteiger partial charge on any atom is -0.479 e. The summed E-state index contributed by atoms with van der Waals surface area (Å²) in [5, 5.41) is 0. The Labute approximate surface area is 111 Å². The minimum absolute atomic E-state index is 0.153. The summed E-state index contributed by atoms with van der Waals surface area (Å²) in [6, 6.07) is 4.21. The molecule has 18 heavy (non-hydrogen) atoms. The molecule has 94 valence electrons. The first-order valence-corrected chi connectivity index (χ1v) is 5.68. The summed E-state index contributed by atoms with van der Waals surface area (Å²) in [5.74, 6) is 0.396. The van der Waals surface area contributed by atoms with Gasteiger partial charge in [-0.3, -0.25) is 0 Å². The van der Waals surface area contributed by atoms with Crippen LogP contribution in [0.2, 0.25) is 0 Å². The summed E-state index contributed by atoms with van der Waals surface area (Å²) in [6.07, 6.45) is 1.27. The van der Waals surface area contributed by atoms with Crippen LogP contribution in [0.1, 0.15) is 0 Å². The maximum absolute atomic E-state index is 13.1. The zero-order chi connectivity index (χ0) is 13.1. The smallest absolute Gasteiger partial charge is 0.249 e. The molecule has 0 saturated heterocycles. The van der Waals surface area contributed by atoms with E-state index in [2.05, 4.69) is 25.9 Å². The first-order chi connectivity index (χ1) is 8.61. The van der Waals surface area contributed by atoms with Crippen molar-refractivity contribution >= 4 is 21.6 Å². The Balaban J connectivity index is 2.31. The average molecular weight is 314 g/mol. The minimum atomic E-state index is -0.379. The quantitative estimate of drug-likeness (QED) is 0.943. The lowest BCUT2D eigenvalue weighted by atomic mass is 10.3. The highest BCUT2D eigenvalue weighted by atomic mass is 79.9. The molecule has 0 amide bonds. The molecule has 0 fully saturated rings. The fraction of sp³-hybridized carbons (Fsp3) is 0.0909. The summed E-state index contributed by atoms with van der Waals surface area (Å²) >= 11 is 3.06. The summed E-state index contributed by atoms with van der Waals surface area (Å²) in [7, 11) is 1.44. The van der Waals surface area contributed by atoms with E-state index in [1.807, 2.05) is 0 Å². The van der Waals surface area contributed by atoms with Crippen LogP contribution >= 0.6 is 15.9 Å². The molecular weight excluding hydrogens is 305 g/mol. The third kappa shape index (κ3) is 2.51. The zero-order valence-corrected chi connectivity index (χ0v) is 10.9. The molecule has 0 spiro atoms. The van der Waals surface area contributed by atoms with E-state index in [4.69, 9.17) is 15.2 Å². The SMILES string of the molecule is COc1ncnc(Oc2ccc(F)c(Br)c2)c1N. The number of hydrogen-bond donors (Lipinski definition) is 1. The van der Waals surface area contributed by atoms with Crippen molar-refractivity contribution in [2.75, 3.05) is 12.8 Å². The highest BCUT2D eigenvalue weighted by Gasteiger charge is 2.11. The van der Waals surface area contributed by atoms with Crippen LogP contribution in [0.25, 0.3) is 0 Å². The maximum Gasteiger partial charge on any atom is 0.249 e. The maximum atomic E-state index is 13.1. The molecule has 2 rings (SSSR count). The number of rotatable bonds is 3. The number of aromatic nitrogens is 2. The molecule has 0 atom stereocenters. The third-order valence-electron chi connectivity index (χ3n) is 2.11. The van der Waals surface area contributed by atoms with E-state index >= 15 is 0 Å². The first-order valence-electron chi connectivity index (χ1n) is 4.89. The Morgan fingerprint density at radius 2 is 2.00 bits per heavy atom. The Hall–Kier alpha value is -1.89. The zero-order valence-electron chi connectivity index (χ0n) is 9.35. The molecule has 0 aliphatic rings. The van der Waals surface area contributed by atoms with Gasteiger partial charge >= 0.3 is 0 Å². The molecule has 0 unspecified atom stereocenters. The predicted octanol–water partition coefficient (Wildman–Crippen LogP) is 2.76. The van der Waals surface area contributed by atoms with Gasteiger partial charge in [0.05, 0.1) is 11.6 Å². The second-order valence-corrected chi connectivity index (χ2v) is 4.13. The largest absolute Gasteiger partial charge is 0.479 e. The van der Waals surface area contributed by atoms with Gasteiger partial charge in [-0.1, -0.05) is 0 Å². The lowest BCUT2D eigenvalue weighted by molar-refractivity contribution is 0.391. The summed E-state index contributed by atoms with van der Waals surface area (Å²) in [4.78, 5) is 7.71. The van der Waals surface area contributed by atoms with Gasteiger partial charge in [0.2, 0.25) is 11.8 Å². The van der Waals surface area contributed by atoms with E-state index in [0.717, 1.165) is 0 Å². The van der Waals surface area contributed by atoms with Crippen molar-refractivity contribution in [3.63, 3.8) is 0 Å². The molecule has 0 saturated carbocycles. The molecule has 1 aromatic carbocycles. The van der Waals surface area contributed by atoms with Crippen LogP contribution < -0.4 is 15.2 Å². The molecule has 7 heteroatoms. The highest BCUT2D eigenvalue weighted by Crippen LogP contribution is 2.31. The number of nitrogen functional groups attached to an aromatic ring is 1. The van der Waals surface area contributed by atoms with Crippen molar-refractivity contribution in [1.82, 2.24) is 9.97 Å². The van der Waals surface area contributed by atoms with Crippen molar-refractivity contribution in [3.05, 3.63) is 34.8 Å². The van der Waals surface area contributed by atoms with Crippen molar-refractivity contribution in [1.29, 1.82) is 0 Å². The highest BCUT2D eigenvalue weighted by molar-refractivity contribution is 9.10. The molecule has 0 bridgehead atoms. The number of benzene rings is 1. The summed E-state index contributed by atoms with van der Waals surface area (Å²) < 4.78 is 23.7. The van der Waals surface area contributed by atoms with Crippen LogP contribution in [0, 0.1) is 5.82 Å². The summed E-state index contributed by atoms with van der Waals surface area (Å²) in [5.41, 5.74) is 5.93. The number of nitrogens with zero attached hydrogens (tertiary/aromatic N) is 2. The third-order valence-corrected chi connectivity index (χ3v) is 2.72. The lowest BCUT2D eigenvalue weighted by Crippen LogP contribution is -2.00. The van der Waals surface area contributed by atoms with Crippen LogP contribution in [0.5, 0.6) is 17.5 Å². The second-order valence-electron chi connectivity index (χ2n) is 3.28. The van der Waals surface area contributed by atoms with Gasteiger partial charge in [-0.2, -0.15) is 9.97 Å². The Morgan fingerprint density at radius 3 is 2.67 bits per heavy atom. The van der Waals surface area contributed by atoms with Crippen LogP contribution in [0.4, 0.5) is 10.1 Å². The van der Waals surface area contributed by atoms with Crippen LogP contribution in [-0.4, -0.2) is 17.1 Å². The molecular formula is C11H9BrFN3O2. The fourth-order valence-electron chi connectivity index (χ4n) is 1.26. The van der Waals surface area contributed by atoms with E-state index in [1.165, 1.54) is 31.6 Å². The number of hydrogen-bond acceptors (Lipinski definition) is 5. The monoisotopic (exact) mass is 313 g/mol. The van der Waals surface area contributed by atoms with Gasteiger partial charge < -0.3 is 15.2 Å². The molecule has 1 heterocycles. The van der Waals surface area contributed by atoms with Crippen LogP contribution in [0.3, 0.4) is 0 Å². The number of nitrogens with two attached hydrogens (primary N) is 1. The van der Waals surface area contributed by atoms with Crippen LogP contribution in [-0.2, 0) is 0 Å². The first kappa shape index (κ1) is 12.6. The number of methoxy groups -OCH3 is 1. The van der Waals surface area contributed by atoms with Crippen molar-refractivity contribution in [2.24, 2.45) is 0 Å². The van der Waals surface area contributed by atoms with Gasteiger partial charge in [0, 0.05) is 0 Å². The Kier molecular flexibility index (Phi) is 3.61. The average Bonchev–Trinajstić information content (AvgIpc) is 2.36. The number of anilines is 1. The standard InChI is InChI=1S/C11H9BrFN3O2/c1-17-10-9(14)11(16-5-15-10)18-6-2-3-8(13)7(12)4-6/h2-5H,14H2,1H3. The molecule has 1 aromatic heterocycles. The van der Waals surface area contributed by atoms with Gasteiger partial charge in [-0.25, -0.2) is 4.39 Å². The molecule has 2 N–H and O–H groups in total. The number of halogens is 2. The van der Waals surface area contributed by atoms with Crippen molar-refractivity contribution < 1.29 is 13.9 Å². The van der Waals surface area contributed by atoms with Gasteiger partial charge in [-0.05, 0) is 34.1 Å². The van der Waals surface area contributed by atoms with E-state index < -0.39 is 0 Å². The van der Waals surface area contributed by atoms with E-state index in [-0.39, 0.29) is 23.3 Å². The van der Waals surface area contributed by atoms with Crippen molar-refractivity contribution in [3.8, 4) is 17.5 Å². The van der Waals surface area contributed by atoms with Gasteiger partial charge in [0.25, 0.3) is 0 Å². The molecule has 2 aromatic rings. The molecule has 0 radical (unpaired) electrons. The number of ether oxygens (including phenoxy) is 2. The lowest BCUT2D eigenvalue weighted by Gasteiger charge is -2.09. The van der Waals surface area contributed by atoms with Gasteiger partial charge in [0.1, 0.15) is 17.9 Å². The van der Waals surface area contributed by atoms with E-state index in [1.54, 1.807) is 0 Å². The topological polar surface area (TPSA) is 70.3 Å². The Morgan fingerprint density at radius 1 is 1.28 bits per heavy atom. The van der Waals surface area contributed by atoms with Crippen LogP contribution in [0.15, 0.2) is 29.0 Å². The second kappa shape index (κ2) is 5.18. The Bertz CT molecular complexity index is 580. The normalized spacial score (nSPS) is 10.2. The van der Waals surface area contributed by atoms with Gasteiger partial charge in [0.15, 0.2) is 5.69 Å². The predicted molar refractivity (Wildman–Crippen MR) is 67.2 cm³/mol.